The van der Waals surface area contributed by atoms with Crippen molar-refractivity contribution in [2.45, 2.75) is 12.6 Å². The summed E-state index contributed by atoms with van der Waals surface area (Å²) in [6, 6.07) is 8.25. The summed E-state index contributed by atoms with van der Waals surface area (Å²) in [5, 5.41) is 22.0. The Morgan fingerprint density at radius 1 is 1.12 bits per heavy atom. The van der Waals surface area contributed by atoms with Crippen molar-refractivity contribution in [2.24, 2.45) is 0 Å². The molecule has 2 aromatic heterocycles. The molecule has 1 saturated heterocycles. The highest BCUT2D eigenvalue weighted by Crippen LogP contribution is 2.31. The maximum absolute atomic E-state index is 12.3. The van der Waals surface area contributed by atoms with Crippen LogP contribution in [0.5, 0.6) is 0 Å². The number of rotatable bonds is 8. The van der Waals surface area contributed by atoms with E-state index in [1.165, 1.54) is 0 Å². The summed E-state index contributed by atoms with van der Waals surface area (Å²) in [5.74, 6) is -2.70. The van der Waals surface area contributed by atoms with Crippen LogP contribution in [0.2, 0.25) is 0 Å². The number of H-pyrrole nitrogens is 1. The first-order chi connectivity index (χ1) is 16.4. The molecule has 0 bridgehead atoms. The number of aromatic nitrogens is 2. The van der Waals surface area contributed by atoms with E-state index in [-0.39, 0.29) is 0 Å². The number of fused-ring (bicyclic) bond motifs is 1. The number of carboxylic acids is 2. The second-order valence-electron chi connectivity index (χ2n) is 8.08. The van der Waals surface area contributed by atoms with Crippen LogP contribution in [0, 0.1) is 0 Å². The highest BCUT2D eigenvalue weighted by atomic mass is 16.4. The number of hydrogen-bond acceptors (Lipinski definition) is 6. The largest absolute Gasteiger partial charge is 0.480 e. The highest BCUT2D eigenvalue weighted by molar-refractivity contribution is 6.03. The number of aliphatic carboxylic acids is 2. The van der Waals surface area contributed by atoms with E-state index in [4.69, 9.17) is 5.11 Å². The molecule has 1 aliphatic heterocycles. The van der Waals surface area contributed by atoms with Gasteiger partial charge in [0.15, 0.2) is 0 Å². The predicted molar refractivity (Wildman–Crippen MR) is 125 cm³/mol. The molecule has 34 heavy (non-hydrogen) atoms. The quantitative estimate of drug-likeness (QED) is 0.373. The molecule has 0 radical (unpaired) electrons. The van der Waals surface area contributed by atoms with Gasteiger partial charge in [-0.2, -0.15) is 0 Å². The lowest BCUT2D eigenvalue weighted by Gasteiger charge is -2.37. The summed E-state index contributed by atoms with van der Waals surface area (Å²) in [4.78, 5) is 46.2. The van der Waals surface area contributed by atoms with E-state index in [9.17, 15) is 19.5 Å². The number of pyridine rings is 1. The Morgan fingerprint density at radius 3 is 2.59 bits per heavy atom. The molecular formula is C24H25N5O5. The molecule has 1 aromatic carbocycles. The molecule has 1 amide bonds. The molecule has 0 aliphatic carbocycles. The molecule has 3 aromatic rings. The topological polar surface area (TPSA) is 139 Å². The summed E-state index contributed by atoms with van der Waals surface area (Å²) < 4.78 is 0. The number of benzene rings is 1. The Morgan fingerprint density at radius 2 is 1.91 bits per heavy atom. The van der Waals surface area contributed by atoms with E-state index in [2.05, 4.69) is 20.2 Å². The number of nitrogens with one attached hydrogen (secondary N) is 2. The van der Waals surface area contributed by atoms with Gasteiger partial charge in [-0.25, -0.2) is 4.79 Å². The molecule has 176 valence electrons. The maximum atomic E-state index is 12.3. The lowest BCUT2D eigenvalue weighted by molar-refractivity contribution is -0.144. The average molecular weight is 463 g/mol. The molecule has 10 heteroatoms. The molecule has 1 fully saturated rings. The maximum Gasteiger partial charge on any atom is 0.328 e. The Labute approximate surface area is 195 Å². The van der Waals surface area contributed by atoms with Crippen molar-refractivity contribution in [1.82, 2.24) is 19.8 Å². The van der Waals surface area contributed by atoms with Crippen LogP contribution in [0.15, 0.2) is 61.1 Å². The SMILES string of the molecule is O=C(O)C=CC(=O)Nc1ccc2c(C(C(=O)O)N3CCN(Cc4cccnc4)CC3)c[nH]c2c1. The molecule has 10 nitrogen and oxygen atoms in total. The van der Waals surface area contributed by atoms with Gasteiger partial charge in [-0.05, 0) is 23.8 Å². The fraction of sp³-hybridized carbons (Fsp3) is 0.250. The van der Waals surface area contributed by atoms with Crippen LogP contribution >= 0.6 is 0 Å². The van der Waals surface area contributed by atoms with Crippen molar-refractivity contribution in [3.63, 3.8) is 0 Å². The number of carbonyl (C=O) groups is 3. The molecule has 0 spiro atoms. The average Bonchev–Trinajstić information content (AvgIpc) is 3.22. The van der Waals surface area contributed by atoms with Crippen molar-refractivity contribution in [3.05, 3.63) is 72.2 Å². The lowest BCUT2D eigenvalue weighted by Crippen LogP contribution is -2.48. The van der Waals surface area contributed by atoms with Gasteiger partial charge in [0.25, 0.3) is 0 Å². The number of nitrogens with zero attached hydrogens (tertiary/aromatic N) is 3. The van der Waals surface area contributed by atoms with Gasteiger partial charge in [-0.1, -0.05) is 12.1 Å². The molecule has 1 atom stereocenters. The van der Waals surface area contributed by atoms with E-state index in [0.29, 0.717) is 29.9 Å². The standard InChI is InChI=1S/C24H25N5O5/c30-21(5-6-22(31)32)27-17-3-4-18-19(14-26-20(18)12-17)23(24(33)34)29-10-8-28(9-11-29)15-16-2-1-7-25-13-16/h1-7,12-14,23,26H,8-11,15H2,(H,27,30)(H,31,32)(H,33,34). The minimum atomic E-state index is -1.21. The third-order valence-corrected chi connectivity index (χ3v) is 5.79. The fourth-order valence-corrected chi connectivity index (χ4v) is 4.20. The van der Waals surface area contributed by atoms with Crippen molar-refractivity contribution in [3.8, 4) is 0 Å². The first kappa shape index (κ1) is 23.1. The zero-order valence-electron chi connectivity index (χ0n) is 18.3. The van der Waals surface area contributed by atoms with E-state index in [0.717, 1.165) is 42.7 Å². The molecule has 3 heterocycles. The molecule has 0 saturated carbocycles. The third kappa shape index (κ3) is 5.48. The van der Waals surface area contributed by atoms with Crippen molar-refractivity contribution < 1.29 is 24.6 Å². The Bertz CT molecular complexity index is 1210. The predicted octanol–water partition coefficient (Wildman–Crippen LogP) is 2.09. The Hall–Kier alpha value is -4.02. The summed E-state index contributed by atoms with van der Waals surface area (Å²) in [6.45, 7) is 3.52. The first-order valence-electron chi connectivity index (χ1n) is 10.8. The normalized spacial score (nSPS) is 16.0. The van der Waals surface area contributed by atoms with Crippen molar-refractivity contribution in [1.29, 1.82) is 0 Å². The van der Waals surface area contributed by atoms with Crippen LogP contribution in [0.3, 0.4) is 0 Å². The van der Waals surface area contributed by atoms with Crippen LogP contribution in [0.1, 0.15) is 17.2 Å². The number of carboxylic acid groups (broad SMARTS) is 2. The van der Waals surface area contributed by atoms with Crippen molar-refractivity contribution >= 4 is 34.4 Å². The zero-order chi connectivity index (χ0) is 24.1. The monoisotopic (exact) mass is 463 g/mol. The summed E-state index contributed by atoms with van der Waals surface area (Å²) >= 11 is 0. The lowest BCUT2D eigenvalue weighted by atomic mass is 10.0. The summed E-state index contributed by atoms with van der Waals surface area (Å²) in [5.41, 5.74) is 2.93. The molecular weight excluding hydrogens is 438 g/mol. The van der Waals surface area contributed by atoms with E-state index in [1.807, 2.05) is 23.2 Å². The van der Waals surface area contributed by atoms with Gasteiger partial charge in [0, 0.05) is 85.6 Å². The number of piperazine rings is 1. The number of hydrogen-bond donors (Lipinski definition) is 4. The van der Waals surface area contributed by atoms with Crippen molar-refractivity contribution in [2.75, 3.05) is 31.5 Å². The van der Waals surface area contributed by atoms with Gasteiger partial charge in [0.1, 0.15) is 6.04 Å². The van der Waals surface area contributed by atoms with Crippen LogP contribution in [0.4, 0.5) is 5.69 Å². The minimum Gasteiger partial charge on any atom is -0.480 e. The zero-order valence-corrected chi connectivity index (χ0v) is 18.3. The van der Waals surface area contributed by atoms with Crippen LogP contribution < -0.4 is 5.32 Å². The number of amides is 1. The van der Waals surface area contributed by atoms with E-state index < -0.39 is 23.9 Å². The number of carbonyl (C=O) groups excluding carboxylic acids is 1. The Balaban J connectivity index is 1.46. The molecule has 1 unspecified atom stereocenters. The van der Waals surface area contributed by atoms with Gasteiger partial charge in [-0.15, -0.1) is 0 Å². The van der Waals surface area contributed by atoms with Gasteiger partial charge in [-0.3, -0.25) is 24.4 Å². The molecule has 1 aliphatic rings. The van der Waals surface area contributed by atoms with Gasteiger partial charge >= 0.3 is 11.9 Å². The number of anilines is 1. The van der Waals surface area contributed by atoms with E-state index >= 15 is 0 Å². The second kappa shape index (κ2) is 10.3. The van der Waals surface area contributed by atoms with Crippen LogP contribution in [0.25, 0.3) is 10.9 Å². The van der Waals surface area contributed by atoms with Gasteiger partial charge in [0.05, 0.1) is 0 Å². The van der Waals surface area contributed by atoms with Crippen LogP contribution in [-0.2, 0) is 20.9 Å². The third-order valence-electron chi connectivity index (χ3n) is 5.79. The fourth-order valence-electron chi connectivity index (χ4n) is 4.20. The first-order valence-corrected chi connectivity index (χ1v) is 10.8. The number of aromatic amines is 1. The summed E-state index contributed by atoms with van der Waals surface area (Å²) in [6.07, 6.45) is 6.97. The minimum absolute atomic E-state index is 0.469. The second-order valence-corrected chi connectivity index (χ2v) is 8.08. The van der Waals surface area contributed by atoms with E-state index in [1.54, 1.807) is 30.6 Å². The highest BCUT2D eigenvalue weighted by Gasteiger charge is 2.32. The van der Waals surface area contributed by atoms with Gasteiger partial charge in [0.2, 0.25) is 5.91 Å². The van der Waals surface area contributed by atoms with Crippen LogP contribution in [-0.4, -0.2) is 74.0 Å². The Kier molecular flexibility index (Phi) is 7.00. The molecule has 4 N–H and O–H groups in total. The van der Waals surface area contributed by atoms with Gasteiger partial charge < -0.3 is 20.5 Å². The molecule has 4 rings (SSSR count). The summed E-state index contributed by atoms with van der Waals surface area (Å²) in [7, 11) is 0. The smallest absolute Gasteiger partial charge is 0.328 e.